The highest BCUT2D eigenvalue weighted by atomic mass is 16.6. The van der Waals surface area contributed by atoms with Crippen LogP contribution < -0.4 is 5.32 Å². The number of ether oxygens (including phenoxy) is 1. The van der Waals surface area contributed by atoms with Crippen molar-refractivity contribution in [1.29, 1.82) is 0 Å². The lowest BCUT2D eigenvalue weighted by Gasteiger charge is -2.19. The molecule has 0 saturated carbocycles. The van der Waals surface area contributed by atoms with Crippen LogP contribution in [0.1, 0.15) is 44.2 Å². The van der Waals surface area contributed by atoms with Crippen molar-refractivity contribution in [3.05, 3.63) is 24.2 Å². The minimum atomic E-state index is -0.506. The van der Waals surface area contributed by atoms with Crippen molar-refractivity contribution in [2.24, 2.45) is 0 Å². The second-order valence-electron chi connectivity index (χ2n) is 4.93. The molecule has 18 heavy (non-hydrogen) atoms. The van der Waals surface area contributed by atoms with Gasteiger partial charge in [-0.1, -0.05) is 0 Å². The Labute approximate surface area is 106 Å². The van der Waals surface area contributed by atoms with E-state index in [2.05, 4.69) is 5.32 Å². The molecule has 0 spiro atoms. The SMILES string of the molecule is CC(C)(C)OC(=O)NCCCC(=O)c1ccco1. The number of hydrogen-bond acceptors (Lipinski definition) is 4. The first-order valence-corrected chi connectivity index (χ1v) is 5.92. The molecular weight excluding hydrogens is 234 g/mol. The highest BCUT2D eigenvalue weighted by molar-refractivity contribution is 5.93. The van der Waals surface area contributed by atoms with Crippen molar-refractivity contribution >= 4 is 11.9 Å². The minimum Gasteiger partial charge on any atom is -0.461 e. The predicted octanol–water partition coefficient (Wildman–Crippen LogP) is 2.77. The molecule has 0 fully saturated rings. The van der Waals surface area contributed by atoms with Gasteiger partial charge in [-0.2, -0.15) is 0 Å². The minimum absolute atomic E-state index is 0.0639. The quantitative estimate of drug-likeness (QED) is 0.647. The van der Waals surface area contributed by atoms with Crippen molar-refractivity contribution in [2.45, 2.75) is 39.2 Å². The fraction of sp³-hybridized carbons (Fsp3) is 0.538. The number of Topliss-reactive ketones (excluding diaryl/α,β-unsaturated/α-hetero) is 1. The number of carbonyl (C=O) groups excluding carboxylic acids is 2. The van der Waals surface area contributed by atoms with E-state index in [0.717, 1.165) is 0 Å². The van der Waals surface area contributed by atoms with E-state index in [4.69, 9.17) is 9.15 Å². The van der Waals surface area contributed by atoms with Crippen LogP contribution in [0.4, 0.5) is 4.79 Å². The van der Waals surface area contributed by atoms with Gasteiger partial charge in [-0.3, -0.25) is 4.79 Å². The summed E-state index contributed by atoms with van der Waals surface area (Å²) in [5.74, 6) is 0.290. The van der Waals surface area contributed by atoms with Crippen molar-refractivity contribution < 1.29 is 18.7 Å². The molecule has 0 atom stereocenters. The molecule has 0 bridgehead atoms. The van der Waals surface area contributed by atoms with Crippen molar-refractivity contribution in [3.8, 4) is 0 Å². The average molecular weight is 253 g/mol. The van der Waals surface area contributed by atoms with Crippen molar-refractivity contribution in [1.82, 2.24) is 5.32 Å². The molecule has 1 aromatic rings. The van der Waals surface area contributed by atoms with Gasteiger partial charge in [-0.15, -0.1) is 0 Å². The fourth-order valence-electron chi connectivity index (χ4n) is 1.31. The first-order chi connectivity index (χ1) is 8.38. The lowest BCUT2D eigenvalue weighted by Crippen LogP contribution is -2.33. The van der Waals surface area contributed by atoms with Gasteiger partial charge in [0.2, 0.25) is 0 Å². The van der Waals surface area contributed by atoms with E-state index in [1.54, 1.807) is 32.9 Å². The zero-order valence-electron chi connectivity index (χ0n) is 11.0. The number of ketones is 1. The van der Waals surface area contributed by atoms with E-state index in [9.17, 15) is 9.59 Å². The van der Waals surface area contributed by atoms with Gasteiger partial charge in [0.15, 0.2) is 11.5 Å². The fourth-order valence-corrected chi connectivity index (χ4v) is 1.31. The molecule has 5 nitrogen and oxygen atoms in total. The van der Waals surface area contributed by atoms with Crippen molar-refractivity contribution in [2.75, 3.05) is 6.54 Å². The van der Waals surface area contributed by atoms with E-state index < -0.39 is 11.7 Å². The van der Waals surface area contributed by atoms with E-state index in [-0.39, 0.29) is 5.78 Å². The largest absolute Gasteiger partial charge is 0.461 e. The van der Waals surface area contributed by atoms with Crippen LogP contribution in [0, 0.1) is 0 Å². The molecule has 1 aromatic heterocycles. The maximum absolute atomic E-state index is 11.5. The van der Waals surface area contributed by atoms with Crippen molar-refractivity contribution in [3.63, 3.8) is 0 Å². The Morgan fingerprint density at radius 3 is 2.67 bits per heavy atom. The third-order valence-corrected chi connectivity index (χ3v) is 2.04. The Morgan fingerprint density at radius 1 is 1.39 bits per heavy atom. The van der Waals surface area contributed by atoms with Crippen LogP contribution in [0.5, 0.6) is 0 Å². The molecule has 0 radical (unpaired) electrons. The van der Waals surface area contributed by atoms with Gasteiger partial charge < -0.3 is 14.5 Å². The van der Waals surface area contributed by atoms with Crippen LogP contribution in [0.3, 0.4) is 0 Å². The summed E-state index contributed by atoms with van der Waals surface area (Å²) >= 11 is 0. The van der Waals surface area contributed by atoms with Gasteiger partial charge in [0.1, 0.15) is 5.60 Å². The maximum Gasteiger partial charge on any atom is 0.407 e. The highest BCUT2D eigenvalue weighted by Crippen LogP contribution is 2.07. The Kier molecular flexibility index (Phi) is 4.95. The summed E-state index contributed by atoms with van der Waals surface area (Å²) in [4.78, 5) is 22.8. The van der Waals surface area contributed by atoms with E-state index >= 15 is 0 Å². The van der Waals surface area contributed by atoms with Gasteiger partial charge >= 0.3 is 6.09 Å². The summed E-state index contributed by atoms with van der Waals surface area (Å²) < 4.78 is 10.0. The van der Waals surface area contributed by atoms with Crippen LogP contribution in [-0.4, -0.2) is 24.0 Å². The molecule has 0 unspecified atom stereocenters. The number of furan rings is 1. The Bertz CT molecular complexity index is 390. The lowest BCUT2D eigenvalue weighted by atomic mass is 10.2. The van der Waals surface area contributed by atoms with E-state index in [1.165, 1.54) is 6.26 Å². The Morgan fingerprint density at radius 2 is 2.11 bits per heavy atom. The molecule has 1 amide bonds. The second kappa shape index (κ2) is 6.23. The smallest absolute Gasteiger partial charge is 0.407 e. The number of nitrogens with one attached hydrogen (secondary N) is 1. The Hall–Kier alpha value is -1.78. The number of hydrogen-bond donors (Lipinski definition) is 1. The number of alkyl carbamates (subject to hydrolysis) is 1. The van der Waals surface area contributed by atoms with Crippen LogP contribution in [0.15, 0.2) is 22.8 Å². The number of carbonyl (C=O) groups is 2. The normalized spacial score (nSPS) is 11.1. The third kappa shape index (κ3) is 5.52. The monoisotopic (exact) mass is 253 g/mol. The van der Waals surface area contributed by atoms with E-state index in [0.29, 0.717) is 25.1 Å². The van der Waals surface area contributed by atoms with Gasteiger partial charge in [-0.05, 0) is 39.3 Å². The summed E-state index contributed by atoms with van der Waals surface area (Å²) in [5.41, 5.74) is -0.506. The van der Waals surface area contributed by atoms with Crippen LogP contribution >= 0.6 is 0 Å². The summed E-state index contributed by atoms with van der Waals surface area (Å²) in [7, 11) is 0. The van der Waals surface area contributed by atoms with Crippen LogP contribution in [0.2, 0.25) is 0 Å². The molecule has 0 aromatic carbocycles. The molecule has 1 heterocycles. The summed E-state index contributed by atoms with van der Waals surface area (Å²) in [6.07, 6.45) is 1.89. The second-order valence-corrected chi connectivity index (χ2v) is 4.93. The van der Waals surface area contributed by atoms with Crippen LogP contribution in [-0.2, 0) is 4.74 Å². The topological polar surface area (TPSA) is 68.5 Å². The summed E-state index contributed by atoms with van der Waals surface area (Å²) in [6.45, 7) is 5.80. The molecule has 5 heteroatoms. The number of rotatable bonds is 5. The lowest BCUT2D eigenvalue weighted by molar-refractivity contribution is 0.0525. The Balaban J connectivity index is 2.16. The standard InChI is InChI=1S/C13H19NO4/c1-13(2,3)18-12(16)14-8-4-6-10(15)11-7-5-9-17-11/h5,7,9H,4,6,8H2,1-3H3,(H,14,16). The molecule has 0 aliphatic carbocycles. The first kappa shape index (κ1) is 14.3. The predicted molar refractivity (Wildman–Crippen MR) is 66.5 cm³/mol. The maximum atomic E-state index is 11.5. The highest BCUT2D eigenvalue weighted by Gasteiger charge is 2.15. The number of amides is 1. The zero-order chi connectivity index (χ0) is 13.6. The molecule has 1 rings (SSSR count). The molecule has 0 aliphatic heterocycles. The van der Waals surface area contributed by atoms with Gasteiger partial charge in [0.05, 0.1) is 6.26 Å². The molecule has 0 saturated heterocycles. The van der Waals surface area contributed by atoms with Gasteiger partial charge in [0, 0.05) is 13.0 Å². The molecular formula is C13H19NO4. The zero-order valence-corrected chi connectivity index (χ0v) is 11.0. The van der Waals surface area contributed by atoms with E-state index in [1.807, 2.05) is 0 Å². The first-order valence-electron chi connectivity index (χ1n) is 5.92. The van der Waals surface area contributed by atoms with Crippen LogP contribution in [0.25, 0.3) is 0 Å². The van der Waals surface area contributed by atoms with Gasteiger partial charge in [-0.25, -0.2) is 4.79 Å². The average Bonchev–Trinajstić information content (AvgIpc) is 2.74. The third-order valence-electron chi connectivity index (χ3n) is 2.04. The summed E-state index contributed by atoms with van der Waals surface area (Å²) in [6, 6.07) is 3.30. The molecule has 1 N–H and O–H groups in total. The molecule has 0 aliphatic rings. The van der Waals surface area contributed by atoms with Gasteiger partial charge in [0.25, 0.3) is 0 Å². The molecule has 100 valence electrons. The summed E-state index contributed by atoms with van der Waals surface area (Å²) in [5, 5.41) is 2.60.